The van der Waals surface area contributed by atoms with Crippen molar-refractivity contribution in [2.75, 3.05) is 10.6 Å². The Morgan fingerprint density at radius 3 is 2.26 bits per heavy atom. The first kappa shape index (κ1) is 21.9. The third-order valence-corrected chi connectivity index (χ3v) is 7.78. The van der Waals surface area contributed by atoms with E-state index in [4.69, 9.17) is 9.72 Å². The molecule has 1 aromatic heterocycles. The first-order valence-electron chi connectivity index (χ1n) is 13.3. The highest BCUT2D eigenvalue weighted by Crippen LogP contribution is 2.53. The van der Waals surface area contributed by atoms with E-state index in [1.54, 1.807) is 0 Å². The minimum Gasteiger partial charge on any atom is -0.464 e. The van der Waals surface area contributed by atoms with Gasteiger partial charge < -0.3 is 15.4 Å². The molecule has 5 aromatic carbocycles. The van der Waals surface area contributed by atoms with Crippen LogP contribution in [0.15, 0.2) is 128 Å². The third-order valence-electron chi connectivity index (χ3n) is 7.78. The highest BCUT2D eigenvalue weighted by atomic mass is 16.5. The van der Waals surface area contributed by atoms with Gasteiger partial charge in [0.25, 0.3) is 0 Å². The molecule has 6 aromatic rings. The maximum absolute atomic E-state index is 6.41. The summed E-state index contributed by atoms with van der Waals surface area (Å²) >= 11 is 0. The van der Waals surface area contributed by atoms with Crippen LogP contribution in [0.2, 0.25) is 0 Å². The van der Waals surface area contributed by atoms with Gasteiger partial charge in [-0.1, -0.05) is 97.1 Å². The number of anilines is 2. The van der Waals surface area contributed by atoms with Crippen molar-refractivity contribution in [1.82, 2.24) is 4.98 Å². The molecule has 186 valence electrons. The topological polar surface area (TPSA) is 46.2 Å². The van der Waals surface area contributed by atoms with Crippen LogP contribution in [-0.4, -0.2) is 4.98 Å². The Morgan fingerprint density at radius 1 is 0.641 bits per heavy atom. The van der Waals surface area contributed by atoms with Crippen LogP contribution in [-0.2, 0) is 0 Å². The zero-order valence-corrected chi connectivity index (χ0v) is 21.1. The summed E-state index contributed by atoms with van der Waals surface area (Å²) in [6.07, 6.45) is 1.75. The monoisotopic (exact) mass is 503 g/mol. The highest BCUT2D eigenvalue weighted by Gasteiger charge is 2.33. The maximum Gasteiger partial charge on any atom is 0.196 e. The summed E-state index contributed by atoms with van der Waals surface area (Å²) in [5, 5.41) is 8.70. The number of para-hydroxylation sites is 1. The van der Waals surface area contributed by atoms with Crippen LogP contribution in [0.1, 0.15) is 29.0 Å². The van der Waals surface area contributed by atoms with Gasteiger partial charge in [0, 0.05) is 39.5 Å². The maximum atomic E-state index is 6.41. The van der Waals surface area contributed by atoms with E-state index >= 15 is 0 Å². The average molecular weight is 504 g/mol. The first-order chi connectivity index (χ1) is 19.3. The van der Waals surface area contributed by atoms with Crippen molar-refractivity contribution in [1.29, 1.82) is 0 Å². The van der Waals surface area contributed by atoms with Crippen LogP contribution in [0.4, 0.5) is 11.4 Å². The van der Waals surface area contributed by atoms with E-state index in [-0.39, 0.29) is 12.3 Å². The summed E-state index contributed by atoms with van der Waals surface area (Å²) < 4.78 is 6.41. The van der Waals surface area contributed by atoms with E-state index in [1.165, 1.54) is 16.7 Å². The fourth-order valence-corrected chi connectivity index (χ4v) is 5.87. The Hall–Kier alpha value is -5.09. The number of pyridine rings is 1. The summed E-state index contributed by atoms with van der Waals surface area (Å²) in [6, 6.07) is 42.4. The Labute approximate surface area is 226 Å². The van der Waals surface area contributed by atoms with E-state index in [1.807, 2.05) is 36.5 Å². The van der Waals surface area contributed by atoms with Crippen LogP contribution in [0, 0.1) is 0 Å². The van der Waals surface area contributed by atoms with Crippen LogP contribution in [0.3, 0.4) is 0 Å². The van der Waals surface area contributed by atoms with Gasteiger partial charge in [-0.25, -0.2) is 0 Å². The fourth-order valence-electron chi connectivity index (χ4n) is 5.87. The molecule has 0 amide bonds. The summed E-state index contributed by atoms with van der Waals surface area (Å²) in [5.74, 6) is 0.880. The lowest BCUT2D eigenvalue weighted by Gasteiger charge is -2.31. The van der Waals surface area contributed by atoms with E-state index in [0.29, 0.717) is 0 Å². The highest BCUT2D eigenvalue weighted by molar-refractivity contribution is 5.96. The van der Waals surface area contributed by atoms with Crippen molar-refractivity contribution in [3.05, 3.63) is 144 Å². The standard InChI is InChI=1S/C35H25N3O/c1-3-9-22(10-4-1)33-28-17-18-31-34(38-35(39-31)23-11-5-2-6-12-23)32(28)27-16-15-24(20-30(27)37-33)26-19-25-13-7-8-14-29(25)36-21-26/h1-21,33,35,37-38H. The number of hydrogen-bond acceptors (Lipinski definition) is 4. The molecule has 0 fully saturated rings. The lowest BCUT2D eigenvalue weighted by Crippen LogP contribution is -2.19. The molecule has 2 unspecified atom stereocenters. The van der Waals surface area contributed by atoms with E-state index in [9.17, 15) is 0 Å². The Bertz CT molecular complexity index is 1850. The number of benzene rings is 5. The zero-order chi connectivity index (χ0) is 25.8. The van der Waals surface area contributed by atoms with Gasteiger partial charge >= 0.3 is 0 Å². The molecule has 2 atom stereocenters. The van der Waals surface area contributed by atoms with E-state index < -0.39 is 0 Å². The van der Waals surface area contributed by atoms with Crippen LogP contribution in [0.25, 0.3) is 33.2 Å². The average Bonchev–Trinajstić information content (AvgIpc) is 3.46. The molecule has 0 spiro atoms. The predicted octanol–water partition coefficient (Wildman–Crippen LogP) is 8.59. The second-order valence-corrected chi connectivity index (χ2v) is 10.1. The van der Waals surface area contributed by atoms with E-state index in [2.05, 4.69) is 102 Å². The van der Waals surface area contributed by atoms with Crippen molar-refractivity contribution in [2.24, 2.45) is 0 Å². The van der Waals surface area contributed by atoms with Gasteiger partial charge in [-0.15, -0.1) is 0 Å². The Kier molecular flexibility index (Phi) is 4.92. The van der Waals surface area contributed by atoms with Crippen molar-refractivity contribution in [3.63, 3.8) is 0 Å². The van der Waals surface area contributed by atoms with Gasteiger partial charge in [-0.05, 0) is 41.0 Å². The lowest BCUT2D eigenvalue weighted by atomic mass is 9.84. The molecule has 2 N–H and O–H groups in total. The molecule has 0 saturated carbocycles. The summed E-state index contributed by atoms with van der Waals surface area (Å²) in [7, 11) is 0. The third kappa shape index (κ3) is 3.64. The molecular weight excluding hydrogens is 478 g/mol. The molecular formula is C35H25N3O. The number of hydrogen-bond donors (Lipinski definition) is 2. The molecule has 0 radical (unpaired) electrons. The molecule has 4 heteroatoms. The molecule has 0 aliphatic carbocycles. The van der Waals surface area contributed by atoms with Gasteiger partial charge in [0.15, 0.2) is 6.23 Å². The summed E-state index contributed by atoms with van der Waals surface area (Å²) in [4.78, 5) is 4.71. The van der Waals surface area contributed by atoms with E-state index in [0.717, 1.165) is 50.3 Å². The largest absolute Gasteiger partial charge is 0.464 e. The number of nitrogens with one attached hydrogen (secondary N) is 2. The second kappa shape index (κ2) is 8.74. The van der Waals surface area contributed by atoms with Crippen molar-refractivity contribution in [2.45, 2.75) is 12.3 Å². The normalized spacial score (nSPS) is 16.8. The van der Waals surface area contributed by atoms with Gasteiger partial charge in [-0.3, -0.25) is 4.98 Å². The molecule has 2 aliphatic heterocycles. The Morgan fingerprint density at radius 2 is 1.41 bits per heavy atom. The summed E-state index contributed by atoms with van der Waals surface area (Å²) in [5.41, 5.74) is 11.3. The lowest BCUT2D eigenvalue weighted by molar-refractivity contribution is 0.260. The molecule has 0 bridgehead atoms. The van der Waals surface area contributed by atoms with Gasteiger partial charge in [0.05, 0.1) is 17.2 Å². The van der Waals surface area contributed by atoms with Crippen LogP contribution >= 0.6 is 0 Å². The SMILES string of the molecule is c1ccc(C2Nc3c(ccc4c3-c3ccc(-c5cnc6ccccc6c5)cc3NC4c3ccccc3)O2)cc1. The molecule has 8 rings (SSSR count). The van der Waals surface area contributed by atoms with Gasteiger partial charge in [-0.2, -0.15) is 0 Å². The minimum atomic E-state index is -0.218. The predicted molar refractivity (Wildman–Crippen MR) is 158 cm³/mol. The summed E-state index contributed by atoms with van der Waals surface area (Å²) in [6.45, 7) is 0. The zero-order valence-electron chi connectivity index (χ0n) is 21.1. The molecule has 2 aliphatic rings. The van der Waals surface area contributed by atoms with Gasteiger partial charge in [0.1, 0.15) is 5.75 Å². The number of ether oxygens (including phenoxy) is 1. The van der Waals surface area contributed by atoms with Crippen molar-refractivity contribution in [3.8, 4) is 28.0 Å². The Balaban J connectivity index is 1.28. The first-order valence-corrected chi connectivity index (χ1v) is 13.3. The minimum absolute atomic E-state index is 0.0153. The molecule has 4 nitrogen and oxygen atoms in total. The van der Waals surface area contributed by atoms with Crippen LogP contribution < -0.4 is 15.4 Å². The second-order valence-electron chi connectivity index (χ2n) is 10.1. The number of fused-ring (bicyclic) bond motifs is 6. The quantitative estimate of drug-likeness (QED) is 0.254. The smallest absolute Gasteiger partial charge is 0.196 e. The number of nitrogens with zero attached hydrogens (tertiary/aromatic N) is 1. The number of aromatic nitrogens is 1. The fraction of sp³-hybridized carbons (Fsp3) is 0.0571. The molecule has 39 heavy (non-hydrogen) atoms. The van der Waals surface area contributed by atoms with Crippen LogP contribution in [0.5, 0.6) is 5.75 Å². The number of rotatable bonds is 3. The molecule has 3 heterocycles. The molecule has 0 saturated heterocycles. The van der Waals surface area contributed by atoms with Crippen molar-refractivity contribution < 1.29 is 4.74 Å². The van der Waals surface area contributed by atoms with Crippen molar-refractivity contribution >= 4 is 22.3 Å². The van der Waals surface area contributed by atoms with Gasteiger partial charge in [0.2, 0.25) is 0 Å².